The van der Waals surface area contributed by atoms with E-state index in [1.807, 2.05) is 0 Å². The van der Waals surface area contributed by atoms with Crippen LogP contribution in [0.3, 0.4) is 0 Å². The molecule has 104 valence electrons. The van der Waals surface area contributed by atoms with E-state index in [1.165, 1.54) is 70.6 Å². The van der Waals surface area contributed by atoms with E-state index in [9.17, 15) is 0 Å². The lowest BCUT2D eigenvalue weighted by atomic mass is 10.0. The van der Waals surface area contributed by atoms with Crippen LogP contribution in [0.5, 0.6) is 0 Å². The molecule has 0 nitrogen and oxygen atoms in total. The Hall–Kier alpha value is 0.960. The standard InChI is InChI=1S/C15H30Br2/c1-3-11-15(17)13-10-8-6-5-7-9-12-14(16)4-2/h14-15H,3-13H2,1-2H3. The van der Waals surface area contributed by atoms with Crippen molar-refractivity contribution in [1.29, 1.82) is 0 Å². The molecule has 0 aliphatic heterocycles. The van der Waals surface area contributed by atoms with Gasteiger partial charge in [-0.05, 0) is 25.7 Å². The van der Waals surface area contributed by atoms with Gasteiger partial charge in [-0.15, -0.1) is 0 Å². The Balaban J connectivity index is 3.08. The molecular formula is C15H30Br2. The fourth-order valence-corrected chi connectivity index (χ4v) is 3.21. The van der Waals surface area contributed by atoms with Crippen LogP contribution in [0.15, 0.2) is 0 Å². The molecule has 0 spiro atoms. The van der Waals surface area contributed by atoms with Crippen molar-refractivity contribution in [3.8, 4) is 0 Å². The molecule has 0 aromatic heterocycles. The number of rotatable bonds is 12. The van der Waals surface area contributed by atoms with Crippen molar-refractivity contribution < 1.29 is 0 Å². The minimum Gasteiger partial charge on any atom is -0.0891 e. The minimum atomic E-state index is 0.755. The van der Waals surface area contributed by atoms with Gasteiger partial charge < -0.3 is 0 Å². The summed E-state index contributed by atoms with van der Waals surface area (Å²) in [5.41, 5.74) is 0. The van der Waals surface area contributed by atoms with Crippen LogP contribution in [0, 0.1) is 0 Å². The highest BCUT2D eigenvalue weighted by Crippen LogP contribution is 2.18. The highest BCUT2D eigenvalue weighted by atomic mass is 79.9. The van der Waals surface area contributed by atoms with E-state index in [0.29, 0.717) is 0 Å². The molecular weight excluding hydrogens is 340 g/mol. The summed E-state index contributed by atoms with van der Waals surface area (Å²) in [4.78, 5) is 1.52. The Morgan fingerprint density at radius 2 is 1.12 bits per heavy atom. The number of hydrogen-bond acceptors (Lipinski definition) is 0. The third kappa shape index (κ3) is 13.2. The first-order chi connectivity index (χ1) is 8.20. The molecule has 0 N–H and O–H groups in total. The van der Waals surface area contributed by atoms with Crippen molar-refractivity contribution in [2.45, 2.75) is 94.1 Å². The van der Waals surface area contributed by atoms with E-state index in [0.717, 1.165) is 9.65 Å². The molecule has 0 aromatic carbocycles. The second kappa shape index (κ2) is 13.4. The fraction of sp³-hybridized carbons (Fsp3) is 1.00. The molecule has 0 aliphatic carbocycles. The maximum absolute atomic E-state index is 3.75. The van der Waals surface area contributed by atoms with Gasteiger partial charge in [0.05, 0.1) is 0 Å². The monoisotopic (exact) mass is 368 g/mol. The smallest absolute Gasteiger partial charge is 0.0145 e. The topological polar surface area (TPSA) is 0 Å². The third-order valence-corrected chi connectivity index (χ3v) is 5.35. The molecule has 17 heavy (non-hydrogen) atoms. The lowest BCUT2D eigenvalue weighted by Gasteiger charge is -2.08. The van der Waals surface area contributed by atoms with Crippen LogP contribution in [0.4, 0.5) is 0 Å². The first-order valence-electron chi connectivity index (χ1n) is 7.48. The maximum atomic E-state index is 3.75. The van der Waals surface area contributed by atoms with Gasteiger partial charge >= 0.3 is 0 Å². The van der Waals surface area contributed by atoms with E-state index in [-0.39, 0.29) is 0 Å². The van der Waals surface area contributed by atoms with Crippen LogP contribution >= 0.6 is 31.9 Å². The molecule has 2 atom stereocenters. The van der Waals surface area contributed by atoms with Gasteiger partial charge in [-0.3, -0.25) is 0 Å². The zero-order chi connectivity index (χ0) is 12.9. The molecule has 0 aromatic rings. The van der Waals surface area contributed by atoms with Crippen molar-refractivity contribution in [2.24, 2.45) is 0 Å². The first-order valence-corrected chi connectivity index (χ1v) is 9.31. The van der Waals surface area contributed by atoms with Gasteiger partial charge in [0, 0.05) is 9.65 Å². The molecule has 0 saturated carbocycles. The lowest BCUT2D eigenvalue weighted by molar-refractivity contribution is 0.552. The molecule has 0 amide bonds. The first kappa shape index (κ1) is 18.0. The quantitative estimate of drug-likeness (QED) is 0.260. The Bertz CT molecular complexity index is 148. The third-order valence-electron chi connectivity index (χ3n) is 3.33. The average molecular weight is 370 g/mol. The Labute approximate surface area is 126 Å². The van der Waals surface area contributed by atoms with Gasteiger partial charge in [-0.2, -0.15) is 0 Å². The van der Waals surface area contributed by atoms with Crippen LogP contribution in [0.25, 0.3) is 0 Å². The number of hydrogen-bond donors (Lipinski definition) is 0. The molecule has 0 aliphatic rings. The minimum absolute atomic E-state index is 0.755. The summed E-state index contributed by atoms with van der Waals surface area (Å²) in [6, 6.07) is 0. The second-order valence-corrected chi connectivity index (χ2v) is 7.68. The molecule has 2 heteroatoms. The van der Waals surface area contributed by atoms with Gasteiger partial charge in [0.25, 0.3) is 0 Å². The summed E-state index contributed by atoms with van der Waals surface area (Å²) in [5, 5.41) is 0. The van der Waals surface area contributed by atoms with E-state index in [2.05, 4.69) is 45.7 Å². The van der Waals surface area contributed by atoms with Crippen LogP contribution < -0.4 is 0 Å². The lowest BCUT2D eigenvalue weighted by Crippen LogP contribution is -1.96. The van der Waals surface area contributed by atoms with Gasteiger partial charge in [-0.1, -0.05) is 90.7 Å². The van der Waals surface area contributed by atoms with E-state index in [1.54, 1.807) is 0 Å². The SMILES string of the molecule is CCCC(Br)CCCCCCCCC(Br)CC. The number of halogens is 2. The van der Waals surface area contributed by atoms with Crippen LogP contribution in [-0.4, -0.2) is 9.65 Å². The number of alkyl halides is 2. The van der Waals surface area contributed by atoms with Crippen molar-refractivity contribution in [2.75, 3.05) is 0 Å². The predicted molar refractivity (Wildman–Crippen MR) is 87.6 cm³/mol. The predicted octanol–water partition coefficient (Wildman–Crippen LogP) is 6.84. The molecule has 0 heterocycles. The summed E-state index contributed by atoms with van der Waals surface area (Å²) in [6.07, 6.45) is 15.2. The summed E-state index contributed by atoms with van der Waals surface area (Å²) >= 11 is 7.45. The van der Waals surface area contributed by atoms with E-state index < -0.39 is 0 Å². The Morgan fingerprint density at radius 1 is 0.647 bits per heavy atom. The molecule has 0 fully saturated rings. The molecule has 2 unspecified atom stereocenters. The van der Waals surface area contributed by atoms with Crippen molar-refractivity contribution in [1.82, 2.24) is 0 Å². The summed E-state index contributed by atoms with van der Waals surface area (Å²) < 4.78 is 0. The van der Waals surface area contributed by atoms with Crippen LogP contribution in [0.2, 0.25) is 0 Å². The van der Waals surface area contributed by atoms with Gasteiger partial charge in [0.1, 0.15) is 0 Å². The fourth-order valence-electron chi connectivity index (χ4n) is 2.10. The summed E-state index contributed by atoms with van der Waals surface area (Å²) in [5.74, 6) is 0. The molecule has 0 saturated heterocycles. The maximum Gasteiger partial charge on any atom is 0.0145 e. The largest absolute Gasteiger partial charge is 0.0891 e. The van der Waals surface area contributed by atoms with Crippen LogP contribution in [0.1, 0.15) is 84.5 Å². The second-order valence-electron chi connectivity index (χ2n) is 5.09. The normalized spacial score (nSPS) is 14.8. The van der Waals surface area contributed by atoms with E-state index in [4.69, 9.17) is 0 Å². The average Bonchev–Trinajstić information content (AvgIpc) is 2.32. The summed E-state index contributed by atoms with van der Waals surface area (Å²) in [7, 11) is 0. The number of unbranched alkanes of at least 4 members (excludes halogenated alkanes) is 5. The zero-order valence-corrected chi connectivity index (χ0v) is 14.9. The highest BCUT2D eigenvalue weighted by Gasteiger charge is 2.02. The molecule has 0 radical (unpaired) electrons. The van der Waals surface area contributed by atoms with E-state index >= 15 is 0 Å². The van der Waals surface area contributed by atoms with Crippen molar-refractivity contribution >= 4 is 31.9 Å². The van der Waals surface area contributed by atoms with Gasteiger partial charge in [-0.25, -0.2) is 0 Å². The van der Waals surface area contributed by atoms with Crippen molar-refractivity contribution in [3.05, 3.63) is 0 Å². The Kier molecular flexibility index (Phi) is 14.1. The molecule has 0 bridgehead atoms. The van der Waals surface area contributed by atoms with Gasteiger partial charge in [0.15, 0.2) is 0 Å². The summed E-state index contributed by atoms with van der Waals surface area (Å²) in [6.45, 7) is 4.52. The Morgan fingerprint density at radius 3 is 1.59 bits per heavy atom. The highest BCUT2D eigenvalue weighted by molar-refractivity contribution is 9.09. The van der Waals surface area contributed by atoms with Crippen molar-refractivity contribution in [3.63, 3.8) is 0 Å². The van der Waals surface area contributed by atoms with Crippen LogP contribution in [-0.2, 0) is 0 Å². The zero-order valence-electron chi connectivity index (χ0n) is 11.7. The molecule has 0 rings (SSSR count). The van der Waals surface area contributed by atoms with Gasteiger partial charge in [0.2, 0.25) is 0 Å².